The van der Waals surface area contributed by atoms with Gasteiger partial charge in [-0.3, -0.25) is 14.5 Å². The van der Waals surface area contributed by atoms with Crippen molar-refractivity contribution < 1.29 is 14.3 Å². The highest BCUT2D eigenvalue weighted by Crippen LogP contribution is 2.33. The van der Waals surface area contributed by atoms with Crippen molar-refractivity contribution in [2.75, 3.05) is 31.1 Å². The van der Waals surface area contributed by atoms with Crippen LogP contribution in [0.1, 0.15) is 47.0 Å². The Labute approximate surface area is 168 Å². The molecule has 2 aliphatic rings. The van der Waals surface area contributed by atoms with Crippen LogP contribution in [0.4, 0.5) is 5.69 Å². The Morgan fingerprint density at radius 1 is 1.29 bits per heavy atom. The molecule has 0 aliphatic carbocycles. The van der Waals surface area contributed by atoms with Gasteiger partial charge in [-0.15, -0.1) is 0 Å². The molecule has 1 aromatic carbocycles. The normalized spacial score (nSPS) is 23.1. The number of amides is 2. The van der Waals surface area contributed by atoms with Gasteiger partial charge in [-0.25, -0.2) is 0 Å². The first-order valence-electron chi connectivity index (χ1n) is 10.4. The van der Waals surface area contributed by atoms with E-state index in [2.05, 4.69) is 31.0 Å². The zero-order chi connectivity index (χ0) is 20.3. The number of piperidine rings is 1. The van der Waals surface area contributed by atoms with Gasteiger partial charge in [0.15, 0.2) is 6.10 Å². The lowest BCUT2D eigenvalue weighted by molar-refractivity contribution is -0.125. The predicted octanol–water partition coefficient (Wildman–Crippen LogP) is 2.82. The second-order valence-corrected chi connectivity index (χ2v) is 8.75. The molecule has 154 valence electrons. The lowest BCUT2D eigenvalue weighted by Gasteiger charge is -2.43. The summed E-state index contributed by atoms with van der Waals surface area (Å²) in [5.41, 5.74) is 0.668. The van der Waals surface area contributed by atoms with Crippen LogP contribution in [0.5, 0.6) is 5.75 Å². The summed E-state index contributed by atoms with van der Waals surface area (Å²) in [5.74, 6) is 1.27. The zero-order valence-corrected chi connectivity index (χ0v) is 17.5. The number of ether oxygens (including phenoxy) is 1. The minimum atomic E-state index is -0.530. The second kappa shape index (κ2) is 8.52. The maximum Gasteiger partial charge on any atom is 0.267 e. The largest absolute Gasteiger partial charge is 0.479 e. The van der Waals surface area contributed by atoms with Crippen LogP contribution in [0.3, 0.4) is 0 Å². The van der Waals surface area contributed by atoms with Crippen LogP contribution >= 0.6 is 0 Å². The smallest absolute Gasteiger partial charge is 0.267 e. The number of anilines is 1. The molecule has 2 atom stereocenters. The highest BCUT2D eigenvalue weighted by Gasteiger charge is 2.32. The molecule has 0 radical (unpaired) electrons. The van der Waals surface area contributed by atoms with E-state index in [1.165, 1.54) is 12.8 Å². The number of carbonyl (C=O) groups is 2. The monoisotopic (exact) mass is 387 g/mol. The summed E-state index contributed by atoms with van der Waals surface area (Å²) in [6.45, 7) is 11.6. The molecule has 28 heavy (non-hydrogen) atoms. The van der Waals surface area contributed by atoms with Gasteiger partial charge in [0, 0.05) is 31.6 Å². The van der Waals surface area contributed by atoms with Crippen LogP contribution in [-0.2, 0) is 9.59 Å². The maximum absolute atomic E-state index is 12.5. The number of para-hydroxylation sites is 2. The van der Waals surface area contributed by atoms with Crippen molar-refractivity contribution >= 4 is 17.5 Å². The molecule has 1 aromatic rings. The Kier molecular flexibility index (Phi) is 6.28. The zero-order valence-electron chi connectivity index (χ0n) is 17.5. The number of nitrogens with zero attached hydrogens (tertiary/aromatic N) is 2. The number of hydrogen-bond acceptors (Lipinski definition) is 4. The molecule has 1 saturated heterocycles. The molecule has 2 aliphatic heterocycles. The molecule has 6 heteroatoms. The SMILES string of the molecule is CC1CCCN(C(C)(C)CNC(=O)CCN2C(=O)C(C)Oc3ccccc32)C1. The Morgan fingerprint density at radius 2 is 2.04 bits per heavy atom. The third-order valence-electron chi connectivity index (χ3n) is 5.87. The first kappa shape index (κ1) is 20.6. The average Bonchev–Trinajstić information content (AvgIpc) is 2.67. The lowest BCUT2D eigenvalue weighted by Crippen LogP contribution is -2.54. The molecule has 2 amide bonds. The van der Waals surface area contributed by atoms with E-state index in [4.69, 9.17) is 4.74 Å². The summed E-state index contributed by atoms with van der Waals surface area (Å²) in [6.07, 6.45) is 2.25. The summed E-state index contributed by atoms with van der Waals surface area (Å²) in [4.78, 5) is 29.1. The van der Waals surface area contributed by atoms with E-state index in [0.29, 0.717) is 24.8 Å². The van der Waals surface area contributed by atoms with Crippen molar-refractivity contribution in [2.24, 2.45) is 5.92 Å². The summed E-state index contributed by atoms with van der Waals surface area (Å²) in [7, 11) is 0. The van der Waals surface area contributed by atoms with Crippen LogP contribution in [0.25, 0.3) is 0 Å². The highest BCUT2D eigenvalue weighted by atomic mass is 16.5. The topological polar surface area (TPSA) is 61.9 Å². The molecule has 0 bridgehead atoms. The van der Waals surface area contributed by atoms with Crippen molar-refractivity contribution in [3.63, 3.8) is 0 Å². The van der Waals surface area contributed by atoms with Crippen molar-refractivity contribution in [3.05, 3.63) is 24.3 Å². The van der Waals surface area contributed by atoms with E-state index in [-0.39, 0.29) is 23.8 Å². The van der Waals surface area contributed by atoms with E-state index < -0.39 is 6.10 Å². The fourth-order valence-corrected chi connectivity index (χ4v) is 4.06. The highest BCUT2D eigenvalue weighted by molar-refractivity contribution is 6.00. The number of benzene rings is 1. The number of hydrogen-bond donors (Lipinski definition) is 1. The quantitative estimate of drug-likeness (QED) is 0.815. The first-order valence-corrected chi connectivity index (χ1v) is 10.4. The van der Waals surface area contributed by atoms with E-state index in [9.17, 15) is 9.59 Å². The van der Waals surface area contributed by atoms with Crippen LogP contribution < -0.4 is 15.0 Å². The van der Waals surface area contributed by atoms with Gasteiger partial charge in [0.25, 0.3) is 5.91 Å². The number of carbonyl (C=O) groups excluding carboxylic acids is 2. The van der Waals surface area contributed by atoms with E-state index in [1.807, 2.05) is 24.3 Å². The van der Waals surface area contributed by atoms with Crippen molar-refractivity contribution in [1.82, 2.24) is 10.2 Å². The van der Waals surface area contributed by atoms with Gasteiger partial charge in [-0.05, 0) is 58.2 Å². The fraction of sp³-hybridized carbons (Fsp3) is 0.636. The number of nitrogens with one attached hydrogen (secondary N) is 1. The van der Waals surface area contributed by atoms with E-state index in [1.54, 1.807) is 11.8 Å². The summed E-state index contributed by atoms with van der Waals surface area (Å²) < 4.78 is 5.65. The van der Waals surface area contributed by atoms with Gasteiger partial charge in [0.1, 0.15) is 5.75 Å². The summed E-state index contributed by atoms with van der Waals surface area (Å²) in [6, 6.07) is 7.47. The predicted molar refractivity (Wildman–Crippen MR) is 111 cm³/mol. The molecule has 0 spiro atoms. The average molecular weight is 388 g/mol. The van der Waals surface area contributed by atoms with Crippen molar-refractivity contribution in [2.45, 2.75) is 58.6 Å². The first-order chi connectivity index (χ1) is 13.3. The molecule has 0 aromatic heterocycles. The van der Waals surface area contributed by atoms with E-state index >= 15 is 0 Å². The lowest BCUT2D eigenvalue weighted by atomic mass is 9.93. The summed E-state index contributed by atoms with van der Waals surface area (Å²) >= 11 is 0. The molecule has 3 rings (SSSR count). The van der Waals surface area contributed by atoms with Gasteiger partial charge in [-0.1, -0.05) is 19.1 Å². The van der Waals surface area contributed by atoms with E-state index in [0.717, 1.165) is 18.8 Å². The fourth-order valence-electron chi connectivity index (χ4n) is 4.06. The molecule has 1 fully saturated rings. The third kappa shape index (κ3) is 4.66. The van der Waals surface area contributed by atoms with Crippen molar-refractivity contribution in [3.8, 4) is 5.75 Å². The van der Waals surface area contributed by atoms with Gasteiger partial charge >= 0.3 is 0 Å². The van der Waals surface area contributed by atoms with Crippen molar-refractivity contribution in [1.29, 1.82) is 0 Å². The standard InChI is InChI=1S/C22H33N3O3/c1-16-8-7-12-24(14-16)22(3,4)15-23-20(26)11-13-25-18-9-5-6-10-19(18)28-17(2)21(25)27/h5-6,9-10,16-17H,7-8,11-15H2,1-4H3,(H,23,26). The van der Waals surface area contributed by atoms with Crippen LogP contribution in [0.15, 0.2) is 24.3 Å². The maximum atomic E-state index is 12.5. The number of rotatable bonds is 6. The Bertz CT molecular complexity index is 719. The Balaban J connectivity index is 1.53. The molecular formula is C22H33N3O3. The minimum absolute atomic E-state index is 0.0254. The van der Waals surface area contributed by atoms with Gasteiger partial charge in [0.05, 0.1) is 5.69 Å². The van der Waals surface area contributed by atoms with Crippen LogP contribution in [0, 0.1) is 5.92 Å². The van der Waals surface area contributed by atoms with Crippen LogP contribution in [0.2, 0.25) is 0 Å². The van der Waals surface area contributed by atoms with Crippen LogP contribution in [-0.4, -0.2) is 54.5 Å². The molecular weight excluding hydrogens is 354 g/mol. The third-order valence-corrected chi connectivity index (χ3v) is 5.87. The second-order valence-electron chi connectivity index (χ2n) is 8.75. The molecule has 6 nitrogen and oxygen atoms in total. The molecule has 0 saturated carbocycles. The van der Waals surface area contributed by atoms with Gasteiger partial charge in [-0.2, -0.15) is 0 Å². The van der Waals surface area contributed by atoms with Gasteiger partial charge in [0.2, 0.25) is 5.91 Å². The van der Waals surface area contributed by atoms with Gasteiger partial charge < -0.3 is 15.0 Å². The Hall–Kier alpha value is -2.08. The number of fused-ring (bicyclic) bond motifs is 1. The molecule has 2 unspecified atom stereocenters. The minimum Gasteiger partial charge on any atom is -0.479 e. The molecule has 1 N–H and O–H groups in total. The number of likely N-dealkylation sites (tertiary alicyclic amines) is 1. The Morgan fingerprint density at radius 3 is 2.79 bits per heavy atom. The summed E-state index contributed by atoms with van der Waals surface area (Å²) in [5, 5.41) is 3.07. The molecule has 2 heterocycles.